The molecule has 11 atom stereocenters. The first-order valence-corrected chi connectivity index (χ1v) is 25.2. The molecule has 6 rings (SSSR count). The van der Waals surface area contributed by atoms with E-state index in [0.29, 0.717) is 38.7 Å². The van der Waals surface area contributed by atoms with Gasteiger partial charge in [-0.2, -0.15) is 0 Å². The van der Waals surface area contributed by atoms with Crippen molar-refractivity contribution in [3.8, 4) is 0 Å². The van der Waals surface area contributed by atoms with Crippen LogP contribution in [0.2, 0.25) is 0 Å². The van der Waals surface area contributed by atoms with E-state index in [1.807, 2.05) is 51.1 Å². The Balaban J connectivity index is 1.20. The summed E-state index contributed by atoms with van der Waals surface area (Å²) in [7, 11) is 1.58. The van der Waals surface area contributed by atoms with E-state index in [0.717, 1.165) is 30.4 Å². The summed E-state index contributed by atoms with van der Waals surface area (Å²) in [6, 6.07) is 19.7. The smallest absolute Gasteiger partial charge is 0.338 e. The SMILES string of the molecule is C=C1C[C@H](CCCOC(=O)C(C)(C)C)OC1CC[C@H]1CC(C)C(COC(=O)CC)C(C[C@@H]2O[C@H](C[C@@H](COC(=O)c3ccc([N+](=O)[O-])cc3)OC(=O)c3ccc([N+](=O)[O-])cc3)[C@H](OC)[C@H]2Cc2ccccc2)O1. The van der Waals surface area contributed by atoms with E-state index in [4.69, 9.17) is 37.9 Å². The Labute approximate surface area is 426 Å². The monoisotopic (exact) mass is 1010 g/mol. The molecule has 3 heterocycles. The van der Waals surface area contributed by atoms with Crippen molar-refractivity contribution >= 4 is 35.3 Å². The number of hydrogen-bond acceptors (Lipinski definition) is 16. The average molecular weight is 1020 g/mol. The highest BCUT2D eigenvalue weighted by atomic mass is 16.6. The number of nitro groups is 2. The minimum absolute atomic E-state index is 0.00296. The Morgan fingerprint density at radius 1 is 0.767 bits per heavy atom. The molecule has 3 aromatic carbocycles. The topological polar surface area (TPSA) is 228 Å². The fourth-order valence-corrected chi connectivity index (χ4v) is 9.93. The molecular weight excluding hydrogens is 945 g/mol. The van der Waals surface area contributed by atoms with E-state index in [2.05, 4.69) is 13.5 Å². The minimum atomic E-state index is -1.11. The van der Waals surface area contributed by atoms with Gasteiger partial charge >= 0.3 is 23.9 Å². The van der Waals surface area contributed by atoms with Gasteiger partial charge in [-0.05, 0) is 107 Å². The van der Waals surface area contributed by atoms with E-state index >= 15 is 0 Å². The summed E-state index contributed by atoms with van der Waals surface area (Å²) in [4.78, 5) is 73.2. The summed E-state index contributed by atoms with van der Waals surface area (Å²) >= 11 is 0. The lowest BCUT2D eigenvalue weighted by Gasteiger charge is -2.42. The zero-order valence-electron chi connectivity index (χ0n) is 42.7. The van der Waals surface area contributed by atoms with Crippen molar-refractivity contribution in [3.05, 3.63) is 128 Å². The third-order valence-corrected chi connectivity index (χ3v) is 14.0. The molecule has 0 aliphatic carbocycles. The number of nitrogens with zero attached hydrogens (tertiary/aromatic N) is 2. The summed E-state index contributed by atoms with van der Waals surface area (Å²) in [6.07, 6.45) is 1.89. The Kier molecular flexibility index (Phi) is 20.2. The molecule has 18 heteroatoms. The van der Waals surface area contributed by atoms with E-state index in [1.165, 1.54) is 48.5 Å². The number of non-ortho nitro benzene ring substituents is 2. The molecule has 3 fully saturated rings. The fraction of sp³-hybridized carbons (Fsp3) is 0.564. The second-order valence-corrected chi connectivity index (χ2v) is 20.4. The highest BCUT2D eigenvalue weighted by Crippen LogP contribution is 2.42. The quantitative estimate of drug-likeness (QED) is 0.0203. The van der Waals surface area contributed by atoms with Gasteiger partial charge in [0.15, 0.2) is 0 Å². The van der Waals surface area contributed by atoms with Crippen molar-refractivity contribution in [1.29, 1.82) is 0 Å². The van der Waals surface area contributed by atoms with Gasteiger partial charge in [0.2, 0.25) is 0 Å². The zero-order chi connectivity index (χ0) is 52.8. The van der Waals surface area contributed by atoms with Crippen molar-refractivity contribution in [3.63, 3.8) is 0 Å². The van der Waals surface area contributed by atoms with E-state index in [-0.39, 0.29) is 90.0 Å². The predicted molar refractivity (Wildman–Crippen MR) is 266 cm³/mol. The van der Waals surface area contributed by atoms with Gasteiger partial charge in [0.05, 0.1) is 82.3 Å². The van der Waals surface area contributed by atoms with Gasteiger partial charge in [0, 0.05) is 62.5 Å². The molecule has 0 spiro atoms. The number of hydrogen-bond donors (Lipinski definition) is 0. The predicted octanol–water partition coefficient (Wildman–Crippen LogP) is 9.53. The lowest BCUT2D eigenvalue weighted by molar-refractivity contribution is -0.385. The van der Waals surface area contributed by atoms with E-state index < -0.39 is 64.3 Å². The van der Waals surface area contributed by atoms with Crippen molar-refractivity contribution in [2.45, 2.75) is 148 Å². The van der Waals surface area contributed by atoms with Crippen molar-refractivity contribution in [2.24, 2.45) is 23.2 Å². The number of benzene rings is 3. The van der Waals surface area contributed by atoms with Crippen LogP contribution >= 0.6 is 0 Å². The molecule has 0 aromatic heterocycles. The summed E-state index contributed by atoms with van der Waals surface area (Å²) in [6.45, 7) is 13.8. The molecule has 0 N–H and O–H groups in total. The van der Waals surface area contributed by atoms with Gasteiger partial charge < -0.3 is 37.9 Å². The molecule has 0 radical (unpaired) electrons. The highest BCUT2D eigenvalue weighted by molar-refractivity contribution is 5.90. The highest BCUT2D eigenvalue weighted by Gasteiger charge is 2.49. The lowest BCUT2D eigenvalue weighted by atomic mass is 9.77. The normalized spacial score (nSPS) is 25.4. The number of carbonyl (C=O) groups excluding carboxylic acids is 4. The van der Waals surface area contributed by atoms with Crippen molar-refractivity contribution in [2.75, 3.05) is 26.9 Å². The first-order chi connectivity index (χ1) is 34.8. The maximum Gasteiger partial charge on any atom is 0.338 e. The number of ether oxygens (including phenoxy) is 8. The van der Waals surface area contributed by atoms with E-state index in [1.54, 1.807) is 14.0 Å². The molecule has 3 aliphatic heterocycles. The van der Waals surface area contributed by atoms with Crippen LogP contribution in [0.3, 0.4) is 0 Å². The van der Waals surface area contributed by atoms with Crippen LogP contribution in [0.4, 0.5) is 11.4 Å². The van der Waals surface area contributed by atoms with Crippen LogP contribution in [-0.4, -0.2) is 109 Å². The third-order valence-electron chi connectivity index (χ3n) is 14.0. The summed E-state index contributed by atoms with van der Waals surface area (Å²) < 4.78 is 49.7. The molecule has 18 nitrogen and oxygen atoms in total. The second-order valence-electron chi connectivity index (χ2n) is 20.4. The summed E-state index contributed by atoms with van der Waals surface area (Å²) in [5, 5.41) is 22.6. The van der Waals surface area contributed by atoms with Crippen LogP contribution in [0.15, 0.2) is 91.0 Å². The average Bonchev–Trinajstić information content (AvgIpc) is 3.89. The van der Waals surface area contributed by atoms with Crippen molar-refractivity contribution < 1.29 is 66.9 Å². The van der Waals surface area contributed by atoms with Gasteiger partial charge in [-0.25, -0.2) is 9.59 Å². The summed E-state index contributed by atoms with van der Waals surface area (Å²) in [5.41, 5.74) is 1.14. The maximum absolute atomic E-state index is 13.7. The third kappa shape index (κ3) is 16.0. The zero-order valence-corrected chi connectivity index (χ0v) is 42.7. The number of methoxy groups -OCH3 is 1. The molecule has 396 valence electrons. The Morgan fingerprint density at radius 3 is 2.00 bits per heavy atom. The van der Waals surface area contributed by atoms with Gasteiger partial charge in [0.25, 0.3) is 11.4 Å². The lowest BCUT2D eigenvalue weighted by Crippen LogP contribution is -2.45. The van der Waals surface area contributed by atoms with E-state index in [9.17, 15) is 39.4 Å². The van der Waals surface area contributed by atoms with Crippen LogP contribution in [0, 0.1) is 43.4 Å². The largest absolute Gasteiger partial charge is 0.465 e. The second kappa shape index (κ2) is 26.2. The molecular formula is C55H70N2O16. The molecule has 0 saturated carbocycles. The molecule has 0 amide bonds. The molecule has 3 aliphatic rings. The first kappa shape index (κ1) is 56.2. The minimum Gasteiger partial charge on any atom is -0.465 e. The number of carbonyl (C=O) groups is 4. The van der Waals surface area contributed by atoms with Crippen LogP contribution in [0.1, 0.15) is 119 Å². The van der Waals surface area contributed by atoms with Gasteiger partial charge in [-0.15, -0.1) is 0 Å². The number of nitro benzene ring substituents is 2. The van der Waals surface area contributed by atoms with Crippen molar-refractivity contribution in [1.82, 2.24) is 0 Å². The summed E-state index contributed by atoms with van der Waals surface area (Å²) in [5.74, 6) is -2.50. The fourth-order valence-electron chi connectivity index (χ4n) is 9.93. The standard InChI is InChI=1S/C55H70N2O16/c1-8-50(58)68-33-45-34(2)27-42(24-25-46-35(3)28-41(70-46)15-12-26-67-54(61)55(4,5)6)71-48(45)31-47-44(29-36-13-10-9-11-14-36)51(66-7)49(73-47)30-43(72-53(60)38-18-22-40(23-19-38)57(64)65)32-69-52(59)37-16-20-39(21-17-37)56(62)63/h9-11,13-14,16-23,34,41-49,51H,3,8,12,15,24-33H2,1-2,4-7H3/t34?,41-,42-,43-,44-,45?,46?,47-,48?,49+,51+/m0/s1. The molecule has 3 aromatic rings. The Morgan fingerprint density at radius 2 is 1.40 bits per heavy atom. The number of rotatable bonds is 24. The Bertz CT molecular complexity index is 2350. The van der Waals surface area contributed by atoms with Crippen LogP contribution in [-0.2, 0) is 53.9 Å². The molecule has 3 saturated heterocycles. The van der Waals surface area contributed by atoms with Gasteiger partial charge in [-0.1, -0.05) is 50.8 Å². The van der Waals surface area contributed by atoms with Gasteiger partial charge in [0.1, 0.15) is 12.7 Å². The van der Waals surface area contributed by atoms with Gasteiger partial charge in [-0.3, -0.25) is 29.8 Å². The van der Waals surface area contributed by atoms with Crippen LogP contribution in [0.5, 0.6) is 0 Å². The number of esters is 4. The van der Waals surface area contributed by atoms with Crippen LogP contribution < -0.4 is 0 Å². The molecule has 73 heavy (non-hydrogen) atoms. The molecule has 0 bridgehead atoms. The first-order valence-electron chi connectivity index (χ1n) is 25.2. The molecule has 4 unspecified atom stereocenters. The van der Waals surface area contributed by atoms with Crippen LogP contribution in [0.25, 0.3) is 0 Å². The maximum atomic E-state index is 13.7. The Hall–Kier alpha value is -6.08.